The minimum Gasteiger partial charge on any atom is -0.497 e. The number of morpholine rings is 1. The zero-order valence-electron chi connectivity index (χ0n) is 17.2. The second kappa shape index (κ2) is 9.42. The van der Waals surface area contributed by atoms with Crippen LogP contribution in [0.15, 0.2) is 42.5 Å². The van der Waals surface area contributed by atoms with Gasteiger partial charge in [0, 0.05) is 25.2 Å². The van der Waals surface area contributed by atoms with Crippen molar-refractivity contribution in [2.24, 2.45) is 0 Å². The molecule has 2 aromatic carbocycles. The predicted octanol–water partition coefficient (Wildman–Crippen LogP) is 3.38. The number of hydrogen-bond acceptors (Lipinski definition) is 4. The molecule has 1 aliphatic heterocycles. The van der Waals surface area contributed by atoms with Crippen molar-refractivity contribution in [3.8, 4) is 5.75 Å². The molecule has 29 heavy (non-hydrogen) atoms. The van der Waals surface area contributed by atoms with Gasteiger partial charge in [-0.25, -0.2) is 0 Å². The number of fused-ring (bicyclic) bond motifs is 1. The van der Waals surface area contributed by atoms with Crippen LogP contribution in [-0.4, -0.2) is 50.8 Å². The van der Waals surface area contributed by atoms with E-state index in [-0.39, 0.29) is 11.9 Å². The van der Waals surface area contributed by atoms with E-state index in [1.807, 2.05) is 18.2 Å². The molecular weight excluding hydrogens is 364 g/mol. The van der Waals surface area contributed by atoms with Gasteiger partial charge < -0.3 is 14.8 Å². The molecule has 5 nitrogen and oxygen atoms in total. The van der Waals surface area contributed by atoms with Gasteiger partial charge in [0.25, 0.3) is 5.91 Å². The number of hydrogen-bond donors (Lipinski definition) is 1. The number of ether oxygens (including phenoxy) is 2. The molecule has 1 atom stereocenters. The Morgan fingerprint density at radius 3 is 2.52 bits per heavy atom. The van der Waals surface area contributed by atoms with Crippen molar-refractivity contribution >= 4 is 5.91 Å². The van der Waals surface area contributed by atoms with E-state index in [1.165, 1.54) is 29.5 Å². The Morgan fingerprint density at radius 1 is 1.07 bits per heavy atom. The molecule has 1 heterocycles. The summed E-state index contributed by atoms with van der Waals surface area (Å²) in [5.74, 6) is 0.845. The first-order valence-corrected chi connectivity index (χ1v) is 10.6. The number of carbonyl (C=O) groups is 1. The molecular formula is C24H30N2O3. The molecule has 0 saturated carbocycles. The summed E-state index contributed by atoms with van der Waals surface area (Å²) in [4.78, 5) is 15.3. The maximum absolute atomic E-state index is 12.9. The minimum absolute atomic E-state index is 0.00476. The average molecular weight is 395 g/mol. The molecule has 1 N–H and O–H groups in total. The first-order chi connectivity index (χ1) is 14.2. The molecule has 0 aromatic heterocycles. The lowest BCUT2D eigenvalue weighted by molar-refractivity contribution is 0.0162. The van der Waals surface area contributed by atoms with E-state index in [4.69, 9.17) is 9.47 Å². The van der Waals surface area contributed by atoms with Gasteiger partial charge in [0.05, 0.1) is 26.4 Å². The average Bonchev–Trinajstić information content (AvgIpc) is 2.80. The van der Waals surface area contributed by atoms with Crippen LogP contribution in [0.5, 0.6) is 5.75 Å². The summed E-state index contributed by atoms with van der Waals surface area (Å²) in [5.41, 5.74) is 4.68. The van der Waals surface area contributed by atoms with E-state index >= 15 is 0 Å². The van der Waals surface area contributed by atoms with Gasteiger partial charge in [0.2, 0.25) is 0 Å². The largest absolute Gasteiger partial charge is 0.497 e. The molecule has 0 unspecified atom stereocenters. The summed E-state index contributed by atoms with van der Waals surface area (Å²) >= 11 is 0. The van der Waals surface area contributed by atoms with Gasteiger partial charge in [-0.2, -0.15) is 0 Å². The number of amides is 1. The highest BCUT2D eigenvalue weighted by molar-refractivity contribution is 5.94. The number of methoxy groups -OCH3 is 1. The highest BCUT2D eigenvalue weighted by atomic mass is 16.5. The Bertz CT molecular complexity index is 829. The first kappa shape index (κ1) is 19.9. The zero-order valence-corrected chi connectivity index (χ0v) is 17.2. The predicted molar refractivity (Wildman–Crippen MR) is 114 cm³/mol. The number of nitrogens with one attached hydrogen (secondary N) is 1. The molecule has 1 aliphatic carbocycles. The van der Waals surface area contributed by atoms with E-state index in [2.05, 4.69) is 34.5 Å². The highest BCUT2D eigenvalue weighted by Gasteiger charge is 2.24. The fourth-order valence-electron chi connectivity index (χ4n) is 4.34. The maximum Gasteiger partial charge on any atom is 0.251 e. The van der Waals surface area contributed by atoms with Crippen LogP contribution in [-0.2, 0) is 17.6 Å². The maximum atomic E-state index is 12.9. The second-order valence-corrected chi connectivity index (χ2v) is 7.84. The van der Waals surface area contributed by atoms with E-state index in [1.54, 1.807) is 7.11 Å². The third kappa shape index (κ3) is 4.80. The second-order valence-electron chi connectivity index (χ2n) is 7.84. The van der Waals surface area contributed by atoms with Gasteiger partial charge in [-0.15, -0.1) is 0 Å². The van der Waals surface area contributed by atoms with Crippen LogP contribution < -0.4 is 10.1 Å². The Labute approximate surface area is 173 Å². The van der Waals surface area contributed by atoms with Crippen LogP contribution in [0, 0.1) is 0 Å². The summed E-state index contributed by atoms with van der Waals surface area (Å²) in [5, 5.41) is 3.18. The smallest absolute Gasteiger partial charge is 0.251 e. The van der Waals surface area contributed by atoms with Crippen LogP contribution in [0.4, 0.5) is 0 Å². The lowest BCUT2D eigenvalue weighted by atomic mass is 9.90. The molecule has 0 radical (unpaired) electrons. The summed E-state index contributed by atoms with van der Waals surface area (Å²) in [6.45, 7) is 3.76. The molecule has 0 bridgehead atoms. The lowest BCUT2D eigenvalue weighted by Gasteiger charge is -2.35. The van der Waals surface area contributed by atoms with E-state index in [9.17, 15) is 4.79 Å². The SMILES string of the molecule is COc1ccc([C@@H](CNC(=O)c2ccc3c(c2)CCCC3)N2CCOCC2)cc1. The monoisotopic (exact) mass is 394 g/mol. The van der Waals surface area contributed by atoms with E-state index in [0.29, 0.717) is 6.54 Å². The quantitative estimate of drug-likeness (QED) is 0.816. The van der Waals surface area contributed by atoms with Crippen LogP contribution in [0.1, 0.15) is 45.9 Å². The first-order valence-electron chi connectivity index (χ1n) is 10.6. The molecule has 4 rings (SSSR count). The van der Waals surface area contributed by atoms with Gasteiger partial charge in [0.15, 0.2) is 0 Å². The summed E-state index contributed by atoms with van der Waals surface area (Å²) in [7, 11) is 1.67. The van der Waals surface area contributed by atoms with E-state index < -0.39 is 0 Å². The lowest BCUT2D eigenvalue weighted by Crippen LogP contribution is -2.43. The molecule has 1 amide bonds. The number of nitrogens with zero attached hydrogens (tertiary/aromatic N) is 1. The van der Waals surface area contributed by atoms with Crippen molar-refractivity contribution in [3.05, 3.63) is 64.7 Å². The number of carbonyl (C=O) groups excluding carboxylic acids is 1. The Kier molecular flexibility index (Phi) is 6.47. The van der Waals surface area contributed by atoms with Crippen LogP contribution in [0.25, 0.3) is 0 Å². The fourth-order valence-corrected chi connectivity index (χ4v) is 4.34. The molecule has 154 valence electrons. The van der Waals surface area contributed by atoms with Crippen molar-refractivity contribution in [2.75, 3.05) is 40.0 Å². The van der Waals surface area contributed by atoms with Crippen molar-refractivity contribution in [3.63, 3.8) is 0 Å². The standard InChI is InChI=1S/C24H30N2O3/c1-28-22-10-8-19(9-11-22)23(26-12-14-29-15-13-26)17-25-24(27)21-7-6-18-4-2-3-5-20(18)16-21/h6-11,16,23H,2-5,12-15,17H2,1H3,(H,25,27)/t23-/m1/s1. The number of rotatable bonds is 6. The van der Waals surface area contributed by atoms with Crippen LogP contribution >= 0.6 is 0 Å². The van der Waals surface area contributed by atoms with Crippen molar-refractivity contribution in [1.29, 1.82) is 0 Å². The van der Waals surface area contributed by atoms with Gasteiger partial charge in [-0.05, 0) is 66.6 Å². The number of aryl methyl sites for hydroxylation is 2. The Hall–Kier alpha value is -2.37. The summed E-state index contributed by atoms with van der Waals surface area (Å²) < 4.78 is 10.8. The zero-order chi connectivity index (χ0) is 20.1. The molecule has 1 fully saturated rings. The number of benzene rings is 2. The van der Waals surface area contributed by atoms with Gasteiger partial charge in [-0.3, -0.25) is 9.69 Å². The third-order valence-electron chi connectivity index (χ3n) is 6.05. The van der Waals surface area contributed by atoms with Crippen molar-refractivity contribution in [1.82, 2.24) is 10.2 Å². The van der Waals surface area contributed by atoms with Crippen LogP contribution in [0.2, 0.25) is 0 Å². The highest BCUT2D eigenvalue weighted by Crippen LogP contribution is 2.25. The molecule has 0 spiro atoms. The van der Waals surface area contributed by atoms with Gasteiger partial charge in [-0.1, -0.05) is 18.2 Å². The molecule has 2 aromatic rings. The summed E-state index contributed by atoms with van der Waals surface area (Å²) in [6, 6.07) is 14.4. The van der Waals surface area contributed by atoms with Crippen molar-refractivity contribution in [2.45, 2.75) is 31.7 Å². The normalized spacial score (nSPS) is 18.0. The Morgan fingerprint density at radius 2 is 1.79 bits per heavy atom. The molecule has 2 aliphatic rings. The van der Waals surface area contributed by atoms with Gasteiger partial charge >= 0.3 is 0 Å². The van der Waals surface area contributed by atoms with Gasteiger partial charge in [0.1, 0.15) is 5.75 Å². The van der Waals surface area contributed by atoms with E-state index in [0.717, 1.165) is 50.5 Å². The topological polar surface area (TPSA) is 50.8 Å². The molecule has 1 saturated heterocycles. The summed E-state index contributed by atoms with van der Waals surface area (Å²) in [6.07, 6.45) is 4.68. The third-order valence-corrected chi connectivity index (χ3v) is 6.05. The molecule has 5 heteroatoms. The van der Waals surface area contributed by atoms with Crippen LogP contribution in [0.3, 0.4) is 0 Å². The minimum atomic E-state index is 0.00476. The Balaban J connectivity index is 1.47. The van der Waals surface area contributed by atoms with Crippen molar-refractivity contribution < 1.29 is 14.3 Å². The fraction of sp³-hybridized carbons (Fsp3) is 0.458.